The number of nitrogens with one attached hydrogen (secondary N) is 1. The van der Waals surface area contributed by atoms with Gasteiger partial charge in [-0.05, 0) is 18.1 Å². The zero-order valence-corrected chi connectivity index (χ0v) is 11.3. The summed E-state index contributed by atoms with van der Waals surface area (Å²) in [6, 6.07) is 5.29. The fourth-order valence-corrected chi connectivity index (χ4v) is 4.98. The monoisotopic (exact) mass is 295 g/mol. The lowest BCUT2D eigenvalue weighted by atomic mass is 9.71. The van der Waals surface area contributed by atoms with Crippen molar-refractivity contribution >= 4 is 21.7 Å². The maximum absolute atomic E-state index is 12.1. The second kappa shape index (κ2) is 4.05. The van der Waals surface area contributed by atoms with Crippen LogP contribution in [0.15, 0.2) is 29.2 Å². The van der Waals surface area contributed by atoms with Crippen LogP contribution in [0.3, 0.4) is 0 Å². The molecule has 0 bridgehead atoms. The molecule has 1 fully saturated rings. The van der Waals surface area contributed by atoms with Gasteiger partial charge >= 0.3 is 5.97 Å². The molecule has 2 aliphatic rings. The lowest BCUT2D eigenvalue weighted by molar-refractivity contribution is -0.141. The number of hydrogen-bond acceptors (Lipinski definition) is 4. The minimum atomic E-state index is -3.40. The summed E-state index contributed by atoms with van der Waals surface area (Å²) in [5, 5.41) is 11.8. The molecular weight excluding hydrogens is 282 g/mol. The van der Waals surface area contributed by atoms with Gasteiger partial charge in [-0.3, -0.25) is 4.79 Å². The minimum Gasteiger partial charge on any atom is -0.480 e. The molecule has 1 saturated heterocycles. The average molecular weight is 295 g/mol. The first-order valence-electron chi connectivity index (χ1n) is 6.21. The SMILES string of the molecule is O=C1CC2(CCS(=O)(=O)c3ccccc32)C(C(=O)O)N1. The predicted octanol–water partition coefficient (Wildman–Crippen LogP) is 0.0749. The van der Waals surface area contributed by atoms with Gasteiger partial charge in [-0.25, -0.2) is 13.2 Å². The van der Waals surface area contributed by atoms with Crippen LogP contribution in [0, 0.1) is 0 Å². The van der Waals surface area contributed by atoms with Crippen LogP contribution in [0.4, 0.5) is 0 Å². The number of carboxylic acid groups (broad SMARTS) is 1. The van der Waals surface area contributed by atoms with E-state index in [0.29, 0.717) is 5.56 Å². The van der Waals surface area contributed by atoms with E-state index >= 15 is 0 Å². The lowest BCUT2D eigenvalue weighted by Gasteiger charge is -2.37. The summed E-state index contributed by atoms with van der Waals surface area (Å²) in [7, 11) is -3.40. The molecule has 2 N–H and O–H groups in total. The van der Waals surface area contributed by atoms with Crippen LogP contribution < -0.4 is 5.32 Å². The molecule has 2 aliphatic heterocycles. The number of sulfone groups is 1. The third-order valence-corrected chi connectivity index (χ3v) is 5.92. The van der Waals surface area contributed by atoms with Crippen molar-refractivity contribution in [3.63, 3.8) is 0 Å². The first kappa shape index (κ1) is 13.1. The van der Waals surface area contributed by atoms with Crippen molar-refractivity contribution in [3.05, 3.63) is 29.8 Å². The molecule has 1 aromatic carbocycles. The molecule has 0 radical (unpaired) electrons. The Morgan fingerprint density at radius 2 is 2.05 bits per heavy atom. The number of amides is 1. The number of fused-ring (bicyclic) bond motifs is 2. The van der Waals surface area contributed by atoms with E-state index in [9.17, 15) is 23.1 Å². The van der Waals surface area contributed by atoms with Crippen LogP contribution in [0.1, 0.15) is 18.4 Å². The highest BCUT2D eigenvalue weighted by Crippen LogP contribution is 2.46. The topological polar surface area (TPSA) is 101 Å². The highest BCUT2D eigenvalue weighted by molar-refractivity contribution is 7.91. The number of carboxylic acids is 1. The third-order valence-electron chi connectivity index (χ3n) is 4.16. The van der Waals surface area contributed by atoms with Gasteiger partial charge < -0.3 is 10.4 Å². The Hall–Kier alpha value is -1.89. The number of hydrogen-bond donors (Lipinski definition) is 2. The summed E-state index contributed by atoms with van der Waals surface area (Å²) >= 11 is 0. The third kappa shape index (κ3) is 1.66. The van der Waals surface area contributed by atoms with Crippen molar-refractivity contribution < 1.29 is 23.1 Å². The van der Waals surface area contributed by atoms with Crippen LogP contribution in [0.25, 0.3) is 0 Å². The molecule has 0 aliphatic carbocycles. The molecule has 1 aromatic rings. The van der Waals surface area contributed by atoms with Gasteiger partial charge in [0.05, 0.1) is 10.6 Å². The second-order valence-electron chi connectivity index (χ2n) is 5.24. The summed E-state index contributed by atoms with van der Waals surface area (Å²) in [6.07, 6.45) is 0.151. The fourth-order valence-electron chi connectivity index (χ4n) is 3.23. The molecule has 20 heavy (non-hydrogen) atoms. The zero-order valence-electron chi connectivity index (χ0n) is 10.5. The van der Waals surface area contributed by atoms with Crippen molar-refractivity contribution in [2.24, 2.45) is 0 Å². The molecule has 0 saturated carbocycles. The largest absolute Gasteiger partial charge is 0.480 e. The van der Waals surface area contributed by atoms with Crippen molar-refractivity contribution in [1.29, 1.82) is 0 Å². The second-order valence-corrected chi connectivity index (χ2v) is 7.31. The van der Waals surface area contributed by atoms with E-state index in [1.807, 2.05) is 0 Å². The highest BCUT2D eigenvalue weighted by Gasteiger charge is 2.55. The van der Waals surface area contributed by atoms with Crippen molar-refractivity contribution in [1.82, 2.24) is 5.32 Å². The molecule has 6 nitrogen and oxygen atoms in total. The first-order chi connectivity index (χ1) is 9.37. The molecule has 7 heteroatoms. The van der Waals surface area contributed by atoms with Gasteiger partial charge in [0.2, 0.25) is 5.91 Å². The van der Waals surface area contributed by atoms with E-state index < -0.39 is 27.3 Å². The van der Waals surface area contributed by atoms with E-state index in [0.717, 1.165) is 0 Å². The van der Waals surface area contributed by atoms with Gasteiger partial charge in [0.1, 0.15) is 6.04 Å². The van der Waals surface area contributed by atoms with E-state index in [-0.39, 0.29) is 29.4 Å². The quantitative estimate of drug-likeness (QED) is 0.764. The van der Waals surface area contributed by atoms with Crippen molar-refractivity contribution in [2.45, 2.75) is 29.2 Å². The zero-order chi connectivity index (χ0) is 14.5. The van der Waals surface area contributed by atoms with E-state index in [1.54, 1.807) is 18.2 Å². The summed E-state index contributed by atoms with van der Waals surface area (Å²) in [6.45, 7) is 0. The predicted molar refractivity (Wildman–Crippen MR) is 69.0 cm³/mol. The Bertz CT molecular complexity index is 711. The smallest absolute Gasteiger partial charge is 0.327 e. The molecule has 106 valence electrons. The Morgan fingerprint density at radius 3 is 2.75 bits per heavy atom. The van der Waals surface area contributed by atoms with E-state index in [2.05, 4.69) is 5.32 Å². The highest BCUT2D eigenvalue weighted by atomic mass is 32.2. The molecule has 2 atom stereocenters. The Morgan fingerprint density at radius 1 is 1.35 bits per heavy atom. The van der Waals surface area contributed by atoms with Crippen LogP contribution in [0.2, 0.25) is 0 Å². The standard InChI is InChI=1S/C13H13NO5S/c15-10-7-13(11(14-10)12(16)17)5-6-20(18,19)9-4-2-1-3-8(9)13/h1-4,11H,5-7H2,(H,14,15)(H,16,17). The molecule has 1 spiro atoms. The lowest BCUT2D eigenvalue weighted by Crippen LogP contribution is -2.49. The molecular formula is C13H13NO5S. The maximum atomic E-state index is 12.1. The van der Waals surface area contributed by atoms with E-state index in [1.165, 1.54) is 6.07 Å². The Balaban J connectivity index is 2.26. The van der Waals surface area contributed by atoms with E-state index in [4.69, 9.17) is 0 Å². The van der Waals surface area contributed by atoms with Gasteiger partial charge in [0.15, 0.2) is 9.84 Å². The molecule has 1 amide bonds. The Kier molecular flexibility index (Phi) is 2.66. The molecule has 2 unspecified atom stereocenters. The van der Waals surface area contributed by atoms with Gasteiger partial charge in [-0.2, -0.15) is 0 Å². The minimum absolute atomic E-state index is 0.0104. The first-order valence-corrected chi connectivity index (χ1v) is 7.86. The van der Waals surface area contributed by atoms with Gasteiger partial charge in [0, 0.05) is 11.8 Å². The van der Waals surface area contributed by atoms with Gasteiger partial charge in [-0.15, -0.1) is 0 Å². The van der Waals surface area contributed by atoms with Crippen LogP contribution in [-0.2, 0) is 24.8 Å². The number of carbonyl (C=O) groups is 2. The summed E-state index contributed by atoms with van der Waals surface area (Å²) in [4.78, 5) is 23.3. The molecule has 0 aromatic heterocycles. The average Bonchev–Trinajstić information content (AvgIpc) is 2.74. The van der Waals surface area contributed by atoms with Crippen molar-refractivity contribution in [3.8, 4) is 0 Å². The molecule has 2 heterocycles. The Labute approximate surface area is 115 Å². The number of rotatable bonds is 1. The summed E-state index contributed by atoms with van der Waals surface area (Å²) in [5.41, 5.74) is -0.526. The number of benzene rings is 1. The van der Waals surface area contributed by atoms with Crippen molar-refractivity contribution in [2.75, 3.05) is 5.75 Å². The summed E-state index contributed by atoms with van der Waals surface area (Å²) in [5.74, 6) is -1.63. The molecule has 3 rings (SSSR count). The maximum Gasteiger partial charge on any atom is 0.327 e. The van der Waals surface area contributed by atoms with Crippen LogP contribution in [0.5, 0.6) is 0 Å². The number of carbonyl (C=O) groups excluding carboxylic acids is 1. The number of aliphatic carboxylic acids is 1. The van der Waals surface area contributed by atoms with Crippen LogP contribution in [-0.4, -0.2) is 37.2 Å². The van der Waals surface area contributed by atoms with Crippen LogP contribution >= 0.6 is 0 Å². The van der Waals surface area contributed by atoms with Gasteiger partial charge in [-0.1, -0.05) is 18.2 Å². The normalized spacial score (nSPS) is 30.8. The summed E-state index contributed by atoms with van der Waals surface area (Å²) < 4.78 is 24.2. The van der Waals surface area contributed by atoms with Gasteiger partial charge in [0.25, 0.3) is 0 Å². The fraction of sp³-hybridized carbons (Fsp3) is 0.385.